The summed E-state index contributed by atoms with van der Waals surface area (Å²) in [5.41, 5.74) is 0.140. The minimum atomic E-state index is -4.58. The summed E-state index contributed by atoms with van der Waals surface area (Å²) in [6.07, 6.45) is -0.885. The van der Waals surface area contributed by atoms with E-state index in [1.807, 2.05) is 33.8 Å². The number of aromatic nitrogens is 1. The lowest BCUT2D eigenvalue weighted by Gasteiger charge is -2.43. The Bertz CT molecular complexity index is 1230. The predicted octanol–water partition coefficient (Wildman–Crippen LogP) is 7.32. The molecule has 0 saturated heterocycles. The zero-order valence-electron chi connectivity index (χ0n) is 18.6. The molecule has 1 aromatic carbocycles. The van der Waals surface area contributed by atoms with Crippen LogP contribution in [0.25, 0.3) is 5.57 Å². The van der Waals surface area contributed by atoms with Gasteiger partial charge in [0.1, 0.15) is 16.5 Å². The molecular weight excluding hydrogens is 455 g/mol. The smallest absolute Gasteiger partial charge is 0.417 e. The Balaban J connectivity index is 1.78. The summed E-state index contributed by atoms with van der Waals surface area (Å²) >= 11 is 5.98. The number of nitrogens with zero attached hydrogens (tertiary/aromatic N) is 1. The van der Waals surface area contributed by atoms with Crippen LogP contribution in [0.2, 0.25) is 5.02 Å². The fraction of sp³-hybridized carbons (Fsp3) is 0.360. The zero-order chi connectivity index (χ0) is 24.3. The van der Waals surface area contributed by atoms with Gasteiger partial charge in [-0.2, -0.15) is 13.2 Å². The molecule has 0 fully saturated rings. The summed E-state index contributed by atoms with van der Waals surface area (Å²) in [4.78, 5) is 17.3. The fourth-order valence-electron chi connectivity index (χ4n) is 4.58. The SMILES string of the molecule is CCc1ccc(Oc2ncc(C(F)(F)F)cc2Cl)cc1C1=C(O)C2=CC[C@](C)(C1=O)C2(C)C. The third-order valence-electron chi connectivity index (χ3n) is 7.07. The number of allylic oxidation sites excluding steroid dienone is 3. The Hall–Kier alpha value is -2.80. The van der Waals surface area contributed by atoms with Gasteiger partial charge in [-0.25, -0.2) is 4.98 Å². The average molecular weight is 478 g/mol. The maximum Gasteiger partial charge on any atom is 0.417 e. The van der Waals surface area contributed by atoms with Gasteiger partial charge in [0, 0.05) is 17.0 Å². The number of rotatable bonds is 4. The number of hydrogen-bond donors (Lipinski definition) is 1. The van der Waals surface area contributed by atoms with Crippen LogP contribution in [0.1, 0.15) is 50.8 Å². The van der Waals surface area contributed by atoms with E-state index in [0.29, 0.717) is 24.6 Å². The van der Waals surface area contributed by atoms with Gasteiger partial charge in [0.05, 0.1) is 11.1 Å². The topological polar surface area (TPSA) is 59.4 Å². The molecule has 8 heteroatoms. The molecule has 1 atom stereocenters. The largest absolute Gasteiger partial charge is 0.507 e. The third-order valence-corrected chi connectivity index (χ3v) is 7.34. The number of fused-ring (bicyclic) bond motifs is 2. The van der Waals surface area contributed by atoms with Gasteiger partial charge in [0.15, 0.2) is 5.78 Å². The van der Waals surface area contributed by atoms with Crippen molar-refractivity contribution in [3.8, 4) is 11.6 Å². The van der Waals surface area contributed by atoms with Crippen molar-refractivity contribution in [2.24, 2.45) is 10.8 Å². The molecule has 0 aliphatic heterocycles. The second-order valence-corrected chi connectivity index (χ2v) is 9.52. The molecule has 0 amide bonds. The van der Waals surface area contributed by atoms with Gasteiger partial charge in [-0.15, -0.1) is 0 Å². The Labute approximate surface area is 194 Å². The van der Waals surface area contributed by atoms with Gasteiger partial charge in [0.2, 0.25) is 5.88 Å². The van der Waals surface area contributed by atoms with Crippen molar-refractivity contribution < 1.29 is 27.8 Å². The van der Waals surface area contributed by atoms with Gasteiger partial charge in [-0.1, -0.05) is 51.4 Å². The number of aliphatic hydroxyl groups is 1. The summed E-state index contributed by atoms with van der Waals surface area (Å²) < 4.78 is 44.3. The van der Waals surface area contributed by atoms with Crippen molar-refractivity contribution in [1.29, 1.82) is 0 Å². The molecule has 174 valence electrons. The van der Waals surface area contributed by atoms with Crippen LogP contribution in [0.5, 0.6) is 11.6 Å². The Kier molecular flexibility index (Phi) is 5.39. The number of halogens is 4. The standard InChI is InChI=1S/C25H23ClF3NO3/c1-5-13-6-7-15(33-22-18(26)10-14(12-30-22)25(27,28)29)11-16(13)19-20(31)17-8-9-24(4,21(19)32)23(17,2)3/h6-8,10-12,31H,5,9H2,1-4H3/t24-/m1/s1. The van der Waals surface area contributed by atoms with Crippen LogP contribution in [0, 0.1) is 10.8 Å². The lowest BCUT2D eigenvalue weighted by Crippen LogP contribution is -2.44. The summed E-state index contributed by atoms with van der Waals surface area (Å²) in [6.45, 7) is 7.74. The van der Waals surface area contributed by atoms with E-state index in [1.165, 1.54) is 0 Å². The molecule has 33 heavy (non-hydrogen) atoms. The highest BCUT2D eigenvalue weighted by molar-refractivity contribution is 6.32. The molecule has 2 aromatic rings. The number of pyridine rings is 1. The normalized spacial score (nSPS) is 21.9. The number of aryl methyl sites for hydroxylation is 1. The van der Waals surface area contributed by atoms with Crippen LogP contribution in [0.4, 0.5) is 13.2 Å². The molecule has 2 bridgehead atoms. The highest BCUT2D eigenvalue weighted by atomic mass is 35.5. The molecule has 4 nitrogen and oxygen atoms in total. The van der Waals surface area contributed by atoms with E-state index in [9.17, 15) is 23.1 Å². The number of carbonyl (C=O) groups excluding carboxylic acids is 1. The van der Waals surface area contributed by atoms with E-state index >= 15 is 0 Å². The van der Waals surface area contributed by atoms with E-state index in [4.69, 9.17) is 16.3 Å². The number of benzene rings is 1. The van der Waals surface area contributed by atoms with Gasteiger partial charge in [-0.05, 0) is 47.7 Å². The average Bonchev–Trinajstić information content (AvgIpc) is 2.92. The van der Waals surface area contributed by atoms with Crippen LogP contribution in [0.15, 0.2) is 47.9 Å². The maximum atomic E-state index is 13.6. The number of ether oxygens (including phenoxy) is 1. The zero-order valence-corrected chi connectivity index (χ0v) is 19.4. The van der Waals surface area contributed by atoms with E-state index in [2.05, 4.69) is 4.98 Å². The quantitative estimate of drug-likeness (QED) is 0.501. The second kappa shape index (κ2) is 7.62. The predicted molar refractivity (Wildman–Crippen MR) is 119 cm³/mol. The Morgan fingerprint density at radius 1 is 1.21 bits per heavy atom. The maximum absolute atomic E-state index is 13.6. The highest BCUT2D eigenvalue weighted by Crippen LogP contribution is 2.60. The van der Waals surface area contributed by atoms with Crippen molar-refractivity contribution >= 4 is 23.0 Å². The fourth-order valence-corrected chi connectivity index (χ4v) is 4.78. The first-order valence-corrected chi connectivity index (χ1v) is 10.9. The van der Waals surface area contributed by atoms with Crippen LogP contribution < -0.4 is 4.74 Å². The lowest BCUT2D eigenvalue weighted by molar-refractivity contribution is -0.137. The van der Waals surface area contributed by atoms with Gasteiger partial charge in [-0.3, -0.25) is 4.79 Å². The van der Waals surface area contributed by atoms with E-state index in [-0.39, 0.29) is 33.8 Å². The van der Waals surface area contributed by atoms with Gasteiger partial charge >= 0.3 is 6.18 Å². The molecule has 0 spiro atoms. The number of alkyl halides is 3. The number of Topliss-reactive ketones (excluding diaryl/α,β-unsaturated/α-hetero) is 1. The summed E-state index contributed by atoms with van der Waals surface area (Å²) in [5, 5.41) is 10.8. The Morgan fingerprint density at radius 2 is 1.91 bits per heavy atom. The van der Waals surface area contributed by atoms with E-state index in [1.54, 1.807) is 18.2 Å². The molecule has 1 N–H and O–H groups in total. The van der Waals surface area contributed by atoms with Crippen LogP contribution in [0.3, 0.4) is 0 Å². The van der Waals surface area contributed by atoms with Crippen LogP contribution in [-0.4, -0.2) is 15.9 Å². The van der Waals surface area contributed by atoms with Crippen molar-refractivity contribution in [1.82, 2.24) is 4.98 Å². The van der Waals surface area contributed by atoms with Crippen LogP contribution >= 0.6 is 11.6 Å². The first kappa shape index (κ1) is 23.4. The van der Waals surface area contributed by atoms with Crippen molar-refractivity contribution in [3.63, 3.8) is 0 Å². The number of ketones is 1. The Morgan fingerprint density at radius 3 is 2.52 bits per heavy atom. The molecule has 0 unspecified atom stereocenters. The first-order valence-electron chi connectivity index (χ1n) is 10.5. The molecule has 0 radical (unpaired) electrons. The number of hydrogen-bond acceptors (Lipinski definition) is 4. The number of carbonyl (C=O) groups is 1. The van der Waals surface area contributed by atoms with Crippen molar-refractivity contribution in [3.05, 3.63) is 69.6 Å². The summed E-state index contributed by atoms with van der Waals surface area (Å²) in [5.74, 6) is -0.151. The molecule has 1 heterocycles. The first-order chi connectivity index (χ1) is 15.3. The van der Waals surface area contributed by atoms with E-state index in [0.717, 1.165) is 17.2 Å². The van der Waals surface area contributed by atoms with Crippen LogP contribution in [-0.2, 0) is 17.4 Å². The molecule has 2 aliphatic carbocycles. The van der Waals surface area contributed by atoms with Crippen molar-refractivity contribution in [2.75, 3.05) is 0 Å². The van der Waals surface area contributed by atoms with Gasteiger partial charge < -0.3 is 9.84 Å². The van der Waals surface area contributed by atoms with E-state index < -0.39 is 22.6 Å². The summed E-state index contributed by atoms with van der Waals surface area (Å²) in [7, 11) is 0. The molecular formula is C25H23ClF3NO3. The molecule has 1 aromatic heterocycles. The molecule has 2 aliphatic rings. The van der Waals surface area contributed by atoms with Gasteiger partial charge in [0.25, 0.3) is 0 Å². The monoisotopic (exact) mass is 477 g/mol. The second-order valence-electron chi connectivity index (χ2n) is 9.12. The number of aliphatic hydroxyl groups excluding tert-OH is 1. The minimum Gasteiger partial charge on any atom is -0.507 e. The van der Waals surface area contributed by atoms with Crippen molar-refractivity contribution in [2.45, 2.75) is 46.7 Å². The molecule has 4 rings (SSSR count). The summed E-state index contributed by atoms with van der Waals surface area (Å²) in [6, 6.07) is 5.73. The third kappa shape index (κ3) is 3.53. The minimum absolute atomic E-state index is 0.0440. The molecule has 0 saturated carbocycles. The lowest BCUT2D eigenvalue weighted by atomic mass is 9.58. The highest BCUT2D eigenvalue weighted by Gasteiger charge is 2.57.